The molecule has 0 fully saturated rings. The second-order valence-electron chi connectivity index (χ2n) is 6.02. The molecule has 0 atom stereocenters. The topological polar surface area (TPSA) is 21.6 Å². The monoisotopic (exact) mass is 307 g/mol. The molecule has 0 unspecified atom stereocenters. The van der Waals surface area contributed by atoms with Crippen LogP contribution in [0.2, 0.25) is 19.6 Å². The summed E-state index contributed by atoms with van der Waals surface area (Å²) in [5, 5.41) is 0. The number of aliphatic imine (C=N–C) groups is 1. The maximum absolute atomic E-state index is 5.18. The number of hydrogen-bond acceptors (Lipinski definition) is 2. The molecule has 0 saturated carbocycles. The first-order valence-corrected chi connectivity index (χ1v) is 10.8. The van der Waals surface area contributed by atoms with Crippen LogP contribution in [-0.4, -0.2) is 20.9 Å². The van der Waals surface area contributed by atoms with Gasteiger partial charge >= 0.3 is 0 Å². The summed E-state index contributed by atoms with van der Waals surface area (Å²) < 4.78 is 5.18. The van der Waals surface area contributed by atoms with Gasteiger partial charge in [0.2, 0.25) is 0 Å². The standard InChI is InChI=1S/C19H21NOSi/c1-21-18-12-10-17(11-13-18)20-19(14-15-22(2,3)4)16-8-6-5-7-9-16/h5-13H,1-4H3. The summed E-state index contributed by atoms with van der Waals surface area (Å²) in [7, 11) is 0.213. The molecule has 0 heterocycles. The third-order valence-corrected chi connectivity index (χ3v) is 3.79. The molecule has 0 aliphatic heterocycles. The van der Waals surface area contributed by atoms with E-state index in [1.807, 2.05) is 54.6 Å². The Hall–Kier alpha value is -2.31. The molecular formula is C19H21NOSi. The molecular weight excluding hydrogens is 286 g/mol. The highest BCUT2D eigenvalue weighted by molar-refractivity contribution is 6.84. The molecule has 0 bridgehead atoms. The lowest BCUT2D eigenvalue weighted by molar-refractivity contribution is 0.415. The lowest BCUT2D eigenvalue weighted by Crippen LogP contribution is -2.17. The predicted molar refractivity (Wildman–Crippen MR) is 96.8 cm³/mol. The van der Waals surface area contributed by atoms with Crippen molar-refractivity contribution in [3.63, 3.8) is 0 Å². The fourth-order valence-corrected chi connectivity index (χ4v) is 2.29. The van der Waals surface area contributed by atoms with Gasteiger partial charge in [-0.1, -0.05) is 55.9 Å². The normalized spacial score (nSPS) is 11.5. The zero-order valence-corrected chi connectivity index (χ0v) is 14.6. The van der Waals surface area contributed by atoms with E-state index in [1.54, 1.807) is 7.11 Å². The molecule has 0 radical (unpaired) electrons. The minimum Gasteiger partial charge on any atom is -0.497 e. The van der Waals surface area contributed by atoms with Gasteiger partial charge in [0.25, 0.3) is 0 Å². The smallest absolute Gasteiger partial charge is 0.129 e. The minimum absolute atomic E-state index is 0.813. The maximum Gasteiger partial charge on any atom is 0.129 e. The van der Waals surface area contributed by atoms with Gasteiger partial charge in [0.15, 0.2) is 0 Å². The molecule has 3 heteroatoms. The van der Waals surface area contributed by atoms with Crippen LogP contribution in [0, 0.1) is 11.5 Å². The first-order valence-electron chi connectivity index (χ1n) is 7.29. The predicted octanol–water partition coefficient (Wildman–Crippen LogP) is 4.70. The molecule has 22 heavy (non-hydrogen) atoms. The zero-order valence-electron chi connectivity index (χ0n) is 13.6. The third kappa shape index (κ3) is 4.91. The molecule has 2 rings (SSSR count). The van der Waals surface area contributed by atoms with E-state index in [4.69, 9.17) is 9.73 Å². The van der Waals surface area contributed by atoms with Crippen LogP contribution < -0.4 is 4.74 Å². The number of rotatable bonds is 3. The van der Waals surface area contributed by atoms with Gasteiger partial charge in [-0.2, -0.15) is 0 Å². The van der Waals surface area contributed by atoms with Crippen LogP contribution in [0.5, 0.6) is 5.75 Å². The molecule has 0 aliphatic rings. The van der Waals surface area contributed by atoms with Crippen LogP contribution in [0.25, 0.3) is 0 Å². The first-order chi connectivity index (χ1) is 10.5. The van der Waals surface area contributed by atoms with E-state index >= 15 is 0 Å². The lowest BCUT2D eigenvalue weighted by Gasteiger charge is -2.05. The van der Waals surface area contributed by atoms with Gasteiger partial charge in [0, 0.05) is 5.56 Å². The van der Waals surface area contributed by atoms with Crippen molar-refractivity contribution in [2.45, 2.75) is 19.6 Å². The van der Waals surface area contributed by atoms with E-state index in [1.165, 1.54) is 0 Å². The van der Waals surface area contributed by atoms with Crippen molar-refractivity contribution in [3.05, 3.63) is 60.2 Å². The van der Waals surface area contributed by atoms with E-state index in [0.717, 1.165) is 22.7 Å². The Balaban J connectivity index is 2.42. The molecule has 0 aliphatic carbocycles. The molecule has 2 aromatic rings. The maximum atomic E-state index is 5.18. The van der Waals surface area contributed by atoms with Crippen molar-refractivity contribution in [2.75, 3.05) is 7.11 Å². The number of benzene rings is 2. The van der Waals surface area contributed by atoms with Gasteiger partial charge in [0.1, 0.15) is 19.5 Å². The molecule has 0 N–H and O–H groups in total. The van der Waals surface area contributed by atoms with Crippen LogP contribution >= 0.6 is 0 Å². The highest BCUT2D eigenvalue weighted by atomic mass is 28.3. The van der Waals surface area contributed by atoms with Gasteiger partial charge in [-0.05, 0) is 24.3 Å². The average molecular weight is 307 g/mol. The SMILES string of the molecule is COc1ccc(N=C(C#C[Si](C)(C)C)c2ccccc2)cc1. The highest BCUT2D eigenvalue weighted by Crippen LogP contribution is 2.19. The number of nitrogens with zero attached hydrogens (tertiary/aromatic N) is 1. The Morgan fingerprint density at radius 1 is 0.955 bits per heavy atom. The Labute approximate surface area is 133 Å². The summed E-state index contributed by atoms with van der Waals surface area (Å²) in [6, 6.07) is 17.8. The molecule has 2 aromatic carbocycles. The number of methoxy groups -OCH3 is 1. The van der Waals surface area contributed by atoms with E-state index in [-0.39, 0.29) is 0 Å². The van der Waals surface area contributed by atoms with Crippen LogP contribution in [0.15, 0.2) is 59.6 Å². The third-order valence-electron chi connectivity index (χ3n) is 2.92. The lowest BCUT2D eigenvalue weighted by atomic mass is 10.1. The van der Waals surface area contributed by atoms with Crippen molar-refractivity contribution < 1.29 is 4.74 Å². The number of hydrogen-bond donors (Lipinski definition) is 0. The first kappa shape index (κ1) is 16.1. The molecule has 0 amide bonds. The van der Waals surface area contributed by atoms with Gasteiger partial charge in [-0.15, -0.1) is 5.54 Å². The average Bonchev–Trinajstić information content (AvgIpc) is 2.52. The largest absolute Gasteiger partial charge is 0.497 e. The van der Waals surface area contributed by atoms with Crippen LogP contribution in [0.3, 0.4) is 0 Å². The van der Waals surface area contributed by atoms with Crippen molar-refractivity contribution in [1.82, 2.24) is 0 Å². The fraction of sp³-hybridized carbons (Fsp3) is 0.211. The highest BCUT2D eigenvalue weighted by Gasteiger charge is 2.09. The summed E-state index contributed by atoms with van der Waals surface area (Å²) in [4.78, 5) is 4.72. The van der Waals surface area contributed by atoms with E-state index in [9.17, 15) is 0 Å². The summed E-state index contributed by atoms with van der Waals surface area (Å²) >= 11 is 0. The second-order valence-corrected chi connectivity index (χ2v) is 10.8. The van der Waals surface area contributed by atoms with Crippen LogP contribution in [0.4, 0.5) is 5.69 Å². The van der Waals surface area contributed by atoms with Crippen molar-refractivity contribution in [2.24, 2.45) is 4.99 Å². The Bertz CT molecular complexity index is 701. The summed E-state index contributed by atoms with van der Waals surface area (Å²) in [6.07, 6.45) is 0. The van der Waals surface area contributed by atoms with Crippen molar-refractivity contribution in [3.8, 4) is 17.2 Å². The Morgan fingerprint density at radius 2 is 1.59 bits per heavy atom. The molecule has 0 spiro atoms. The summed E-state index contributed by atoms with van der Waals surface area (Å²) in [6.45, 7) is 6.70. The number of ether oxygens (including phenoxy) is 1. The quantitative estimate of drug-likeness (QED) is 0.458. The van der Waals surface area contributed by atoms with Gasteiger partial charge in [-0.3, -0.25) is 0 Å². The Morgan fingerprint density at radius 3 is 2.14 bits per heavy atom. The van der Waals surface area contributed by atoms with E-state index < -0.39 is 8.07 Å². The van der Waals surface area contributed by atoms with Gasteiger partial charge in [0.05, 0.1) is 12.8 Å². The van der Waals surface area contributed by atoms with Gasteiger partial charge in [-0.25, -0.2) is 4.99 Å². The fourth-order valence-electron chi connectivity index (χ4n) is 1.79. The molecule has 2 nitrogen and oxygen atoms in total. The van der Waals surface area contributed by atoms with Crippen molar-refractivity contribution in [1.29, 1.82) is 0 Å². The van der Waals surface area contributed by atoms with E-state index in [2.05, 4.69) is 31.1 Å². The van der Waals surface area contributed by atoms with Crippen molar-refractivity contribution >= 4 is 19.5 Å². The molecule has 0 saturated heterocycles. The molecule has 112 valence electrons. The zero-order chi connectivity index (χ0) is 16.0. The van der Waals surface area contributed by atoms with Crippen LogP contribution in [-0.2, 0) is 0 Å². The summed E-state index contributed by atoms with van der Waals surface area (Å²) in [5.41, 5.74) is 6.13. The van der Waals surface area contributed by atoms with E-state index in [0.29, 0.717) is 0 Å². The second kappa shape index (κ2) is 7.10. The Kier molecular flexibility index (Phi) is 5.19. The molecule has 0 aromatic heterocycles. The van der Waals surface area contributed by atoms with Gasteiger partial charge < -0.3 is 4.74 Å². The minimum atomic E-state index is -1.45. The van der Waals surface area contributed by atoms with Crippen LogP contribution in [0.1, 0.15) is 5.56 Å². The summed E-state index contributed by atoms with van der Waals surface area (Å²) in [5.74, 6) is 4.11.